The molecule has 1 N–H and O–H groups in total. The maximum absolute atomic E-state index is 12.9. The topological polar surface area (TPSA) is 75.7 Å². The lowest BCUT2D eigenvalue weighted by molar-refractivity contribution is -0.118. The van der Waals surface area contributed by atoms with E-state index in [4.69, 9.17) is 4.74 Å². The molecule has 1 aliphatic heterocycles. The zero-order valence-corrected chi connectivity index (χ0v) is 15.9. The lowest BCUT2D eigenvalue weighted by atomic mass is 10.0. The number of sulfonamides is 1. The third-order valence-corrected chi connectivity index (χ3v) is 5.77. The second kappa shape index (κ2) is 6.99. The number of hydrogen-bond donors (Lipinski definition) is 1. The van der Waals surface area contributed by atoms with Crippen molar-refractivity contribution in [1.29, 1.82) is 0 Å². The molecule has 26 heavy (non-hydrogen) atoms. The van der Waals surface area contributed by atoms with Crippen molar-refractivity contribution in [1.82, 2.24) is 0 Å². The van der Waals surface area contributed by atoms with Gasteiger partial charge in [-0.15, -0.1) is 0 Å². The number of nitrogens with one attached hydrogen (secondary N) is 1. The number of anilines is 2. The van der Waals surface area contributed by atoms with Gasteiger partial charge in [0.25, 0.3) is 10.0 Å². The van der Waals surface area contributed by atoms with E-state index < -0.39 is 10.0 Å². The lowest BCUT2D eigenvalue weighted by Crippen LogP contribution is -2.31. The van der Waals surface area contributed by atoms with Gasteiger partial charge in [-0.05, 0) is 61.7 Å². The molecule has 0 spiro atoms. The summed E-state index contributed by atoms with van der Waals surface area (Å²) in [6.07, 6.45) is 1.02. The highest BCUT2D eigenvalue weighted by atomic mass is 32.2. The molecule has 1 amide bonds. The molecular weight excluding hydrogens is 352 g/mol. The molecule has 138 valence electrons. The molecule has 0 unspecified atom stereocenters. The summed E-state index contributed by atoms with van der Waals surface area (Å²) in [6, 6.07) is 10.3. The SMILES string of the molecule is CCOc1ccc(C)cc1S(=O)(=O)Nc1ccc2c(c1)CCC(=O)N2C. The minimum Gasteiger partial charge on any atom is -0.492 e. The van der Waals surface area contributed by atoms with Gasteiger partial charge >= 0.3 is 0 Å². The first-order valence-electron chi connectivity index (χ1n) is 8.47. The lowest BCUT2D eigenvalue weighted by Gasteiger charge is -2.26. The van der Waals surface area contributed by atoms with Crippen molar-refractivity contribution in [3.05, 3.63) is 47.5 Å². The first-order valence-corrected chi connectivity index (χ1v) is 9.96. The molecule has 0 radical (unpaired) electrons. The van der Waals surface area contributed by atoms with E-state index in [0.717, 1.165) is 16.8 Å². The van der Waals surface area contributed by atoms with Crippen LogP contribution in [-0.2, 0) is 21.2 Å². The summed E-state index contributed by atoms with van der Waals surface area (Å²) in [7, 11) is -2.07. The van der Waals surface area contributed by atoms with Gasteiger partial charge in [-0.1, -0.05) is 6.07 Å². The van der Waals surface area contributed by atoms with Crippen LogP contribution in [0.15, 0.2) is 41.3 Å². The fourth-order valence-electron chi connectivity index (χ4n) is 3.03. The Morgan fingerprint density at radius 1 is 1.15 bits per heavy atom. The van der Waals surface area contributed by atoms with Crippen LogP contribution >= 0.6 is 0 Å². The molecule has 2 aromatic carbocycles. The van der Waals surface area contributed by atoms with E-state index in [-0.39, 0.29) is 10.8 Å². The first kappa shape index (κ1) is 18.3. The van der Waals surface area contributed by atoms with Crippen LogP contribution in [0.3, 0.4) is 0 Å². The van der Waals surface area contributed by atoms with E-state index in [0.29, 0.717) is 30.9 Å². The van der Waals surface area contributed by atoms with Gasteiger partial charge < -0.3 is 9.64 Å². The van der Waals surface area contributed by atoms with Crippen LogP contribution in [0.5, 0.6) is 5.75 Å². The van der Waals surface area contributed by atoms with Crippen molar-refractivity contribution < 1.29 is 17.9 Å². The largest absolute Gasteiger partial charge is 0.492 e. The number of benzene rings is 2. The number of carbonyl (C=O) groups is 1. The Morgan fingerprint density at radius 3 is 2.65 bits per heavy atom. The molecular formula is C19H22N2O4S. The number of fused-ring (bicyclic) bond motifs is 1. The second-order valence-electron chi connectivity index (χ2n) is 6.28. The monoisotopic (exact) mass is 374 g/mol. The Labute approximate surface area is 153 Å². The van der Waals surface area contributed by atoms with Crippen LogP contribution in [0.1, 0.15) is 24.5 Å². The maximum Gasteiger partial charge on any atom is 0.265 e. The highest BCUT2D eigenvalue weighted by Gasteiger charge is 2.23. The minimum absolute atomic E-state index is 0.0620. The molecule has 7 heteroatoms. The Hall–Kier alpha value is -2.54. The molecule has 0 atom stereocenters. The molecule has 0 fully saturated rings. The third kappa shape index (κ3) is 3.53. The highest BCUT2D eigenvalue weighted by molar-refractivity contribution is 7.92. The number of carbonyl (C=O) groups excluding carboxylic acids is 1. The van der Waals surface area contributed by atoms with Crippen molar-refractivity contribution in [3.63, 3.8) is 0 Å². The van der Waals surface area contributed by atoms with E-state index in [1.807, 2.05) is 19.9 Å². The average Bonchev–Trinajstić information content (AvgIpc) is 2.59. The van der Waals surface area contributed by atoms with Crippen LogP contribution in [0.4, 0.5) is 11.4 Å². The zero-order valence-electron chi connectivity index (χ0n) is 15.1. The van der Waals surface area contributed by atoms with Gasteiger partial charge in [0, 0.05) is 24.8 Å². The maximum atomic E-state index is 12.9. The summed E-state index contributed by atoms with van der Waals surface area (Å²) in [6.45, 7) is 4.02. The van der Waals surface area contributed by atoms with Crippen molar-refractivity contribution in [2.24, 2.45) is 0 Å². The standard InChI is InChI=1S/C19H22N2O4S/c1-4-25-17-9-5-13(2)11-18(17)26(23,24)20-15-7-8-16-14(12-15)6-10-19(22)21(16)3/h5,7-9,11-12,20H,4,6,10H2,1-3H3. The van der Waals surface area contributed by atoms with E-state index >= 15 is 0 Å². The van der Waals surface area contributed by atoms with Crippen LogP contribution in [0.25, 0.3) is 0 Å². The predicted molar refractivity (Wildman–Crippen MR) is 101 cm³/mol. The summed E-state index contributed by atoms with van der Waals surface area (Å²) in [5.74, 6) is 0.390. The molecule has 3 rings (SSSR count). The van der Waals surface area contributed by atoms with Crippen LogP contribution in [0, 0.1) is 6.92 Å². The molecule has 0 saturated carbocycles. The van der Waals surface area contributed by atoms with Crippen molar-refractivity contribution in [2.75, 3.05) is 23.3 Å². The van der Waals surface area contributed by atoms with Crippen molar-refractivity contribution in [2.45, 2.75) is 31.6 Å². The van der Waals surface area contributed by atoms with Crippen molar-refractivity contribution in [3.8, 4) is 5.75 Å². The van der Waals surface area contributed by atoms with Gasteiger partial charge in [-0.25, -0.2) is 8.42 Å². The van der Waals surface area contributed by atoms with Gasteiger partial charge in [-0.3, -0.25) is 9.52 Å². The minimum atomic E-state index is -3.80. The number of nitrogens with zero attached hydrogens (tertiary/aromatic N) is 1. The number of aryl methyl sites for hydroxylation is 2. The van der Waals surface area contributed by atoms with E-state index in [1.165, 1.54) is 0 Å². The fourth-order valence-corrected chi connectivity index (χ4v) is 4.31. The number of hydrogen-bond acceptors (Lipinski definition) is 4. The van der Waals surface area contributed by atoms with E-state index in [9.17, 15) is 13.2 Å². The quantitative estimate of drug-likeness (QED) is 0.873. The summed E-state index contributed by atoms with van der Waals surface area (Å²) < 4.78 is 33.9. The average molecular weight is 374 g/mol. The summed E-state index contributed by atoms with van der Waals surface area (Å²) >= 11 is 0. The van der Waals surface area contributed by atoms with Gasteiger partial charge in [-0.2, -0.15) is 0 Å². The van der Waals surface area contributed by atoms with Crippen LogP contribution < -0.4 is 14.4 Å². The van der Waals surface area contributed by atoms with Gasteiger partial charge in [0.15, 0.2) is 0 Å². The smallest absolute Gasteiger partial charge is 0.265 e. The zero-order chi connectivity index (χ0) is 18.9. The van der Waals surface area contributed by atoms with Crippen molar-refractivity contribution >= 4 is 27.3 Å². The molecule has 1 heterocycles. The number of amides is 1. The Morgan fingerprint density at radius 2 is 1.92 bits per heavy atom. The molecule has 0 saturated heterocycles. The summed E-state index contributed by atoms with van der Waals surface area (Å²) in [5.41, 5.74) is 3.06. The fraction of sp³-hybridized carbons (Fsp3) is 0.316. The molecule has 0 bridgehead atoms. The third-order valence-electron chi connectivity index (χ3n) is 4.36. The Balaban J connectivity index is 1.94. The van der Waals surface area contributed by atoms with Gasteiger partial charge in [0.05, 0.1) is 6.61 Å². The van der Waals surface area contributed by atoms with E-state index in [2.05, 4.69) is 4.72 Å². The molecule has 0 aromatic heterocycles. The van der Waals surface area contributed by atoms with Crippen LogP contribution in [-0.4, -0.2) is 28.0 Å². The molecule has 6 nitrogen and oxygen atoms in total. The highest BCUT2D eigenvalue weighted by Crippen LogP contribution is 2.31. The van der Waals surface area contributed by atoms with Gasteiger partial charge in [0.1, 0.15) is 10.6 Å². The second-order valence-corrected chi connectivity index (χ2v) is 7.94. The number of ether oxygens (including phenoxy) is 1. The number of rotatable bonds is 5. The molecule has 2 aromatic rings. The predicted octanol–water partition coefficient (Wildman–Crippen LogP) is 3.10. The van der Waals surface area contributed by atoms with Crippen LogP contribution in [0.2, 0.25) is 0 Å². The normalized spacial score (nSPS) is 14.1. The molecule has 0 aliphatic carbocycles. The molecule has 1 aliphatic rings. The van der Waals surface area contributed by atoms with Gasteiger partial charge in [0.2, 0.25) is 5.91 Å². The Kier molecular flexibility index (Phi) is 4.91. The summed E-state index contributed by atoms with van der Waals surface area (Å²) in [5, 5.41) is 0. The first-order chi connectivity index (χ1) is 12.3. The van der Waals surface area contributed by atoms with E-state index in [1.54, 1.807) is 42.3 Å². The summed E-state index contributed by atoms with van der Waals surface area (Å²) in [4.78, 5) is 13.5. The Bertz CT molecular complexity index is 954.